The summed E-state index contributed by atoms with van der Waals surface area (Å²) in [6.07, 6.45) is 12.9. The van der Waals surface area contributed by atoms with Gasteiger partial charge < -0.3 is 13.9 Å². The number of rotatable bonds is 9. The highest BCUT2D eigenvalue weighted by Crippen LogP contribution is 2.70. The molecule has 2 aromatic heterocycles. The molecular formula is C32H36FN5O3. The maximum absolute atomic E-state index is 14.6. The second-order valence-electron chi connectivity index (χ2n) is 14.6. The molecule has 11 rings (SSSR count). The van der Waals surface area contributed by atoms with Crippen LogP contribution >= 0.6 is 0 Å². The van der Waals surface area contributed by atoms with Gasteiger partial charge in [-0.2, -0.15) is 9.97 Å². The van der Waals surface area contributed by atoms with Gasteiger partial charge in [-0.05, 0) is 113 Å². The normalized spacial score (nSPS) is 35.1. The molecule has 1 amide bonds. The van der Waals surface area contributed by atoms with Crippen molar-refractivity contribution in [2.75, 3.05) is 11.4 Å². The van der Waals surface area contributed by atoms with Gasteiger partial charge in [0, 0.05) is 35.5 Å². The largest absolute Gasteiger partial charge is 0.339 e. The van der Waals surface area contributed by atoms with E-state index in [1.807, 2.05) is 29.2 Å². The molecule has 0 spiro atoms. The lowest BCUT2D eigenvalue weighted by molar-refractivity contribution is -0.211. The van der Waals surface area contributed by atoms with Crippen LogP contribution < -0.4 is 4.90 Å². The average Bonchev–Trinajstić information content (AvgIpc) is 3.88. The van der Waals surface area contributed by atoms with Gasteiger partial charge in [0.1, 0.15) is 5.67 Å². The number of hydrogen-bond donors (Lipinski definition) is 0. The molecule has 0 atom stereocenters. The molecule has 8 saturated carbocycles. The summed E-state index contributed by atoms with van der Waals surface area (Å²) in [5, 5.41) is 8.51. The van der Waals surface area contributed by atoms with E-state index in [0.717, 1.165) is 92.5 Å². The van der Waals surface area contributed by atoms with Crippen molar-refractivity contribution in [3.05, 3.63) is 41.8 Å². The van der Waals surface area contributed by atoms with Crippen LogP contribution in [-0.4, -0.2) is 38.4 Å². The standard InChI is InChI=1S/C32H36FN5O3/c33-32-16-31(17-32,18-32)28(39)38(23-3-1-2-22(15-23)26-35-25(37-40-26)21-6-7-21)19-29-8-11-30(12-9-29,13-10-29)27-34-24(36-41-27)14-20-4-5-20/h1-3,15,20-21H,4-14,16-19H2. The maximum atomic E-state index is 14.6. The van der Waals surface area contributed by atoms with Crippen molar-refractivity contribution in [3.63, 3.8) is 0 Å². The van der Waals surface area contributed by atoms with Crippen LogP contribution in [0.2, 0.25) is 0 Å². The van der Waals surface area contributed by atoms with Crippen molar-refractivity contribution in [3.8, 4) is 11.5 Å². The molecule has 8 aliphatic carbocycles. The zero-order chi connectivity index (χ0) is 27.5. The number of nitrogens with zero attached hydrogens (tertiary/aromatic N) is 5. The van der Waals surface area contributed by atoms with E-state index >= 15 is 0 Å². The minimum atomic E-state index is -1.12. The minimum Gasteiger partial charge on any atom is -0.339 e. The topological polar surface area (TPSA) is 98.2 Å². The minimum absolute atomic E-state index is 0.0308. The van der Waals surface area contributed by atoms with E-state index < -0.39 is 11.1 Å². The Morgan fingerprint density at radius 2 is 1.71 bits per heavy atom. The zero-order valence-corrected chi connectivity index (χ0v) is 23.4. The van der Waals surface area contributed by atoms with Crippen LogP contribution in [0.4, 0.5) is 10.1 Å². The summed E-state index contributed by atoms with van der Waals surface area (Å²) in [7, 11) is 0. The lowest BCUT2D eigenvalue weighted by Gasteiger charge is -2.65. The number of alkyl halides is 1. The van der Waals surface area contributed by atoms with Crippen LogP contribution in [0.25, 0.3) is 11.5 Å². The fourth-order valence-corrected chi connectivity index (χ4v) is 8.41. The molecule has 8 nitrogen and oxygen atoms in total. The second-order valence-corrected chi connectivity index (χ2v) is 14.6. The smallest absolute Gasteiger partial charge is 0.258 e. The Labute approximate surface area is 238 Å². The Balaban J connectivity index is 0.981. The van der Waals surface area contributed by atoms with E-state index in [-0.39, 0.29) is 16.7 Å². The van der Waals surface area contributed by atoms with Gasteiger partial charge in [0.2, 0.25) is 11.8 Å². The Morgan fingerprint density at radius 1 is 0.951 bits per heavy atom. The number of anilines is 1. The first-order valence-electron chi connectivity index (χ1n) is 15.6. The summed E-state index contributed by atoms with van der Waals surface area (Å²) < 4.78 is 26.0. The average molecular weight is 558 g/mol. The fraction of sp³-hybridized carbons (Fsp3) is 0.656. The summed E-state index contributed by atoms with van der Waals surface area (Å²) in [6.45, 7) is 0.653. The zero-order valence-electron chi connectivity index (χ0n) is 23.4. The molecule has 3 aromatic rings. The third-order valence-corrected chi connectivity index (χ3v) is 11.4. The number of fused-ring (bicyclic) bond motifs is 3. The molecule has 0 saturated heterocycles. The van der Waals surface area contributed by atoms with Crippen molar-refractivity contribution in [1.82, 2.24) is 20.3 Å². The predicted octanol–water partition coefficient (Wildman–Crippen LogP) is 6.47. The van der Waals surface area contributed by atoms with Crippen LogP contribution in [0.15, 0.2) is 33.3 Å². The number of aromatic nitrogens is 4. The summed E-state index contributed by atoms with van der Waals surface area (Å²) in [5.41, 5.74) is 0.000240. The number of amides is 1. The molecule has 214 valence electrons. The van der Waals surface area contributed by atoms with Crippen LogP contribution in [0.3, 0.4) is 0 Å². The van der Waals surface area contributed by atoms with Crippen LogP contribution in [0.1, 0.15) is 107 Å². The van der Waals surface area contributed by atoms with Crippen molar-refractivity contribution in [2.45, 2.75) is 107 Å². The molecular weight excluding hydrogens is 521 g/mol. The molecule has 0 N–H and O–H groups in total. The summed E-state index contributed by atoms with van der Waals surface area (Å²) in [4.78, 5) is 25.7. The molecule has 8 aliphatic rings. The number of hydrogen-bond acceptors (Lipinski definition) is 7. The number of carbonyl (C=O) groups excluding carboxylic acids is 1. The first-order valence-corrected chi connectivity index (χ1v) is 15.6. The lowest BCUT2D eigenvalue weighted by Crippen LogP contribution is -2.71. The van der Waals surface area contributed by atoms with E-state index in [4.69, 9.17) is 14.0 Å². The van der Waals surface area contributed by atoms with Crippen molar-refractivity contribution >= 4 is 11.6 Å². The van der Waals surface area contributed by atoms with E-state index in [0.29, 0.717) is 37.6 Å². The molecule has 1 aromatic carbocycles. The molecule has 9 heteroatoms. The molecule has 41 heavy (non-hydrogen) atoms. The van der Waals surface area contributed by atoms with Gasteiger partial charge in [-0.1, -0.05) is 16.4 Å². The second kappa shape index (κ2) is 8.26. The van der Waals surface area contributed by atoms with E-state index in [9.17, 15) is 9.18 Å². The number of benzene rings is 1. The first kappa shape index (κ1) is 24.5. The van der Waals surface area contributed by atoms with Crippen molar-refractivity contribution < 1.29 is 18.2 Å². The van der Waals surface area contributed by atoms with Gasteiger partial charge in [0.25, 0.3) is 5.89 Å². The van der Waals surface area contributed by atoms with Gasteiger partial charge in [-0.15, -0.1) is 0 Å². The van der Waals surface area contributed by atoms with Crippen molar-refractivity contribution in [2.24, 2.45) is 16.7 Å². The third-order valence-electron chi connectivity index (χ3n) is 11.4. The molecule has 4 bridgehead atoms. The highest BCUT2D eigenvalue weighted by atomic mass is 19.1. The van der Waals surface area contributed by atoms with Crippen LogP contribution in [0.5, 0.6) is 0 Å². The van der Waals surface area contributed by atoms with Gasteiger partial charge >= 0.3 is 0 Å². The Hall–Kier alpha value is -3.10. The van der Waals surface area contributed by atoms with Crippen molar-refractivity contribution in [1.29, 1.82) is 0 Å². The Morgan fingerprint density at radius 3 is 2.39 bits per heavy atom. The molecule has 2 heterocycles. The summed E-state index contributed by atoms with van der Waals surface area (Å²) in [5.74, 6) is 4.18. The van der Waals surface area contributed by atoms with Crippen LogP contribution in [-0.2, 0) is 16.6 Å². The SMILES string of the molecule is O=C(N(CC12CCC(c3nc(CC4CC4)no3)(CC1)CC2)c1cccc(-c2nc(C3CC3)no2)c1)C12CC(F)(C1)C2. The Kier molecular flexibility index (Phi) is 4.93. The highest BCUT2D eigenvalue weighted by Gasteiger charge is 2.73. The Bertz CT molecular complexity index is 1490. The molecule has 8 fully saturated rings. The van der Waals surface area contributed by atoms with E-state index in [1.54, 1.807) is 0 Å². The third kappa shape index (κ3) is 3.93. The van der Waals surface area contributed by atoms with Gasteiger partial charge in [-0.3, -0.25) is 4.79 Å². The quantitative estimate of drug-likeness (QED) is 0.297. The first-order chi connectivity index (χ1) is 19.8. The predicted molar refractivity (Wildman–Crippen MR) is 147 cm³/mol. The monoisotopic (exact) mass is 557 g/mol. The van der Waals surface area contributed by atoms with Crippen LogP contribution in [0, 0.1) is 16.7 Å². The molecule has 0 unspecified atom stereocenters. The summed E-state index contributed by atoms with van der Waals surface area (Å²) >= 11 is 0. The lowest BCUT2D eigenvalue weighted by atomic mass is 9.41. The van der Waals surface area contributed by atoms with Gasteiger partial charge in [0.15, 0.2) is 11.6 Å². The number of halogens is 1. The molecule has 0 radical (unpaired) electrons. The highest BCUT2D eigenvalue weighted by molar-refractivity contribution is 6.00. The molecule has 0 aliphatic heterocycles. The maximum Gasteiger partial charge on any atom is 0.258 e. The summed E-state index contributed by atoms with van der Waals surface area (Å²) in [6, 6.07) is 7.93. The number of carbonyl (C=O) groups is 1. The van der Waals surface area contributed by atoms with E-state index in [2.05, 4.69) is 15.3 Å². The fourth-order valence-electron chi connectivity index (χ4n) is 8.41. The van der Waals surface area contributed by atoms with Gasteiger partial charge in [-0.25, -0.2) is 4.39 Å². The van der Waals surface area contributed by atoms with Gasteiger partial charge in [0.05, 0.1) is 5.41 Å². The van der Waals surface area contributed by atoms with E-state index in [1.165, 1.54) is 12.8 Å².